The highest BCUT2D eigenvalue weighted by molar-refractivity contribution is 5.93. The molecule has 1 amide bonds. The van der Waals surface area contributed by atoms with Crippen molar-refractivity contribution in [3.8, 4) is 5.75 Å². The Balaban J connectivity index is 1.69. The third-order valence-electron chi connectivity index (χ3n) is 5.46. The van der Waals surface area contributed by atoms with E-state index in [1.165, 1.54) is 5.56 Å². The molecule has 6 heteroatoms. The van der Waals surface area contributed by atoms with Crippen LogP contribution in [0.25, 0.3) is 0 Å². The Morgan fingerprint density at radius 3 is 2.43 bits per heavy atom. The van der Waals surface area contributed by atoms with Gasteiger partial charge in [-0.2, -0.15) is 0 Å². The number of carbonyl (C=O) groups excluding carboxylic acids is 1. The Kier molecular flexibility index (Phi) is 6.98. The van der Waals surface area contributed by atoms with Crippen LogP contribution >= 0.6 is 0 Å². The van der Waals surface area contributed by atoms with Crippen molar-refractivity contribution in [3.05, 3.63) is 53.6 Å². The summed E-state index contributed by atoms with van der Waals surface area (Å²) in [6, 6.07) is 8.05. The molecule has 0 N–H and O–H groups in total. The highest BCUT2D eigenvalue weighted by atomic mass is 16.5. The topological polar surface area (TPSA) is 58.6 Å². The van der Waals surface area contributed by atoms with Gasteiger partial charge in [0.2, 0.25) is 0 Å². The molecule has 0 unspecified atom stereocenters. The van der Waals surface area contributed by atoms with E-state index in [1.54, 1.807) is 19.5 Å². The van der Waals surface area contributed by atoms with Crippen LogP contribution in [-0.4, -0.2) is 66.0 Å². The average Bonchev–Trinajstić information content (AvgIpc) is 2.73. The second kappa shape index (κ2) is 9.64. The number of ether oxygens (including phenoxy) is 1. The van der Waals surface area contributed by atoms with E-state index >= 15 is 0 Å². The van der Waals surface area contributed by atoms with Gasteiger partial charge in [-0.25, -0.2) is 9.97 Å². The molecule has 1 saturated heterocycles. The lowest BCUT2D eigenvalue weighted by Crippen LogP contribution is -2.41. The molecule has 1 aromatic heterocycles. The van der Waals surface area contributed by atoms with Crippen LogP contribution in [0.3, 0.4) is 0 Å². The number of carbonyl (C=O) groups is 1. The average molecular weight is 383 g/mol. The molecule has 28 heavy (non-hydrogen) atoms. The molecule has 1 aliphatic rings. The fraction of sp³-hybridized carbons (Fsp3) is 0.500. The molecular weight excluding hydrogens is 352 g/mol. The number of hydrogen-bond acceptors (Lipinski definition) is 5. The molecule has 2 aromatic rings. The van der Waals surface area contributed by atoms with E-state index in [2.05, 4.69) is 34.0 Å². The van der Waals surface area contributed by atoms with Crippen molar-refractivity contribution >= 4 is 5.91 Å². The lowest BCUT2D eigenvalue weighted by atomic mass is 9.96. The lowest BCUT2D eigenvalue weighted by molar-refractivity contribution is 0.0699. The number of nitrogens with zero attached hydrogens (tertiary/aromatic N) is 4. The minimum atomic E-state index is 0.0208. The maximum absolute atomic E-state index is 13.1. The standard InChI is InChI=1S/C22H30N4O2/c1-17-23-14-20(15-24-17)22(27)26(16-19-8-11-25(2)12-9-19)13-10-18-4-6-21(28-3)7-5-18/h4-7,14-15,19H,8-13,16H2,1-3H3. The number of rotatable bonds is 7. The minimum Gasteiger partial charge on any atom is -0.497 e. The zero-order valence-corrected chi connectivity index (χ0v) is 17.1. The van der Waals surface area contributed by atoms with Gasteiger partial charge in [-0.3, -0.25) is 4.79 Å². The number of hydrogen-bond donors (Lipinski definition) is 0. The molecule has 0 atom stereocenters. The van der Waals surface area contributed by atoms with E-state index < -0.39 is 0 Å². The predicted molar refractivity (Wildman–Crippen MR) is 110 cm³/mol. The number of aromatic nitrogens is 2. The molecule has 0 aliphatic carbocycles. The largest absolute Gasteiger partial charge is 0.497 e. The second-order valence-electron chi connectivity index (χ2n) is 7.61. The van der Waals surface area contributed by atoms with Gasteiger partial charge in [-0.05, 0) is 69.9 Å². The van der Waals surface area contributed by atoms with E-state index in [0.29, 0.717) is 23.9 Å². The van der Waals surface area contributed by atoms with Gasteiger partial charge in [0.25, 0.3) is 5.91 Å². The summed E-state index contributed by atoms with van der Waals surface area (Å²) in [7, 11) is 3.83. The normalized spacial score (nSPS) is 15.4. The molecular formula is C22H30N4O2. The van der Waals surface area contributed by atoms with Gasteiger partial charge in [0.1, 0.15) is 11.6 Å². The van der Waals surface area contributed by atoms with Crippen LogP contribution in [0.2, 0.25) is 0 Å². The first kappa shape index (κ1) is 20.3. The molecule has 6 nitrogen and oxygen atoms in total. The Morgan fingerprint density at radius 1 is 1.18 bits per heavy atom. The van der Waals surface area contributed by atoms with E-state index in [9.17, 15) is 4.79 Å². The summed E-state index contributed by atoms with van der Waals surface area (Å²) in [6.07, 6.45) is 6.36. The SMILES string of the molecule is COc1ccc(CCN(CC2CCN(C)CC2)C(=O)c2cnc(C)nc2)cc1. The Hall–Kier alpha value is -2.47. The smallest absolute Gasteiger partial charge is 0.257 e. The summed E-state index contributed by atoms with van der Waals surface area (Å²) in [5.74, 6) is 2.09. The number of methoxy groups -OCH3 is 1. The Bertz CT molecular complexity index is 753. The van der Waals surface area contributed by atoms with Crippen LogP contribution in [0.1, 0.15) is 34.6 Å². The van der Waals surface area contributed by atoms with Gasteiger partial charge >= 0.3 is 0 Å². The maximum Gasteiger partial charge on any atom is 0.257 e. The Morgan fingerprint density at radius 2 is 1.82 bits per heavy atom. The van der Waals surface area contributed by atoms with Crippen LogP contribution in [0, 0.1) is 12.8 Å². The van der Waals surface area contributed by atoms with E-state index in [-0.39, 0.29) is 5.91 Å². The van der Waals surface area contributed by atoms with E-state index in [4.69, 9.17) is 4.74 Å². The zero-order valence-electron chi connectivity index (χ0n) is 17.1. The molecule has 0 bridgehead atoms. The highest BCUT2D eigenvalue weighted by Gasteiger charge is 2.23. The van der Waals surface area contributed by atoms with Gasteiger partial charge < -0.3 is 14.5 Å². The predicted octanol–water partition coefficient (Wildman–Crippen LogP) is 2.82. The molecule has 1 aliphatic heterocycles. The van der Waals surface area contributed by atoms with Crippen molar-refractivity contribution in [3.63, 3.8) is 0 Å². The third-order valence-corrected chi connectivity index (χ3v) is 5.46. The number of likely N-dealkylation sites (tertiary alicyclic amines) is 1. The molecule has 0 radical (unpaired) electrons. The van der Waals surface area contributed by atoms with Crippen molar-refractivity contribution in [2.75, 3.05) is 40.3 Å². The van der Waals surface area contributed by atoms with Crippen molar-refractivity contribution in [2.24, 2.45) is 5.92 Å². The molecule has 1 aromatic carbocycles. The molecule has 1 fully saturated rings. The van der Waals surface area contributed by atoms with Gasteiger partial charge in [-0.15, -0.1) is 0 Å². The molecule has 0 spiro atoms. The summed E-state index contributed by atoms with van der Waals surface area (Å²) in [4.78, 5) is 25.9. The molecule has 3 rings (SSSR count). The number of piperidine rings is 1. The van der Waals surface area contributed by atoms with E-state index in [1.807, 2.05) is 24.0 Å². The van der Waals surface area contributed by atoms with Gasteiger partial charge in [-0.1, -0.05) is 12.1 Å². The van der Waals surface area contributed by atoms with Gasteiger partial charge in [0, 0.05) is 25.5 Å². The second-order valence-corrected chi connectivity index (χ2v) is 7.61. The summed E-state index contributed by atoms with van der Waals surface area (Å²) >= 11 is 0. The van der Waals surface area contributed by atoms with Crippen molar-refractivity contribution < 1.29 is 9.53 Å². The summed E-state index contributed by atoms with van der Waals surface area (Å²) in [5, 5.41) is 0. The number of amides is 1. The fourth-order valence-corrected chi connectivity index (χ4v) is 3.57. The first-order valence-corrected chi connectivity index (χ1v) is 9.94. The first-order chi connectivity index (χ1) is 13.5. The van der Waals surface area contributed by atoms with Crippen molar-refractivity contribution in [2.45, 2.75) is 26.2 Å². The highest BCUT2D eigenvalue weighted by Crippen LogP contribution is 2.19. The van der Waals surface area contributed by atoms with Crippen LogP contribution in [-0.2, 0) is 6.42 Å². The quantitative estimate of drug-likeness (QED) is 0.737. The monoisotopic (exact) mass is 382 g/mol. The molecule has 150 valence electrons. The van der Waals surface area contributed by atoms with Crippen LogP contribution in [0.15, 0.2) is 36.7 Å². The maximum atomic E-state index is 13.1. The summed E-state index contributed by atoms with van der Waals surface area (Å²) < 4.78 is 5.23. The summed E-state index contributed by atoms with van der Waals surface area (Å²) in [5.41, 5.74) is 1.76. The first-order valence-electron chi connectivity index (χ1n) is 9.94. The minimum absolute atomic E-state index is 0.0208. The van der Waals surface area contributed by atoms with Crippen molar-refractivity contribution in [1.82, 2.24) is 19.8 Å². The molecule has 2 heterocycles. The lowest BCUT2D eigenvalue weighted by Gasteiger charge is -2.33. The van der Waals surface area contributed by atoms with Gasteiger partial charge in [0.05, 0.1) is 12.7 Å². The van der Waals surface area contributed by atoms with Crippen molar-refractivity contribution in [1.29, 1.82) is 0 Å². The summed E-state index contributed by atoms with van der Waals surface area (Å²) in [6.45, 7) is 5.49. The Labute approximate surface area is 167 Å². The fourth-order valence-electron chi connectivity index (χ4n) is 3.57. The van der Waals surface area contributed by atoms with Gasteiger partial charge in [0.15, 0.2) is 0 Å². The van der Waals surface area contributed by atoms with Crippen LogP contribution in [0.5, 0.6) is 5.75 Å². The molecule has 0 saturated carbocycles. The number of aryl methyl sites for hydroxylation is 1. The third kappa shape index (κ3) is 5.52. The van der Waals surface area contributed by atoms with Crippen LogP contribution in [0.4, 0.5) is 0 Å². The van der Waals surface area contributed by atoms with E-state index in [0.717, 1.165) is 44.6 Å². The number of benzene rings is 1. The van der Waals surface area contributed by atoms with Crippen LogP contribution < -0.4 is 4.74 Å². The zero-order chi connectivity index (χ0) is 19.9.